The van der Waals surface area contributed by atoms with Crippen molar-refractivity contribution in [2.45, 2.75) is 104 Å². The SMILES string of the molecule is CCCC1CCC(NC2CC(C)(C)CC(C)(C)C2)CC1. The van der Waals surface area contributed by atoms with Gasteiger partial charge in [-0.2, -0.15) is 0 Å². The minimum atomic E-state index is 0.513. The first-order chi connectivity index (χ1) is 9.30. The van der Waals surface area contributed by atoms with Gasteiger partial charge in [0.25, 0.3) is 0 Å². The lowest BCUT2D eigenvalue weighted by Gasteiger charge is -2.46. The topological polar surface area (TPSA) is 12.0 Å². The Bertz CT molecular complexity index is 281. The second-order valence-electron chi connectivity index (χ2n) is 9.28. The van der Waals surface area contributed by atoms with Gasteiger partial charge in [0.2, 0.25) is 0 Å². The standard InChI is InChI=1S/C19H37N/c1-6-7-15-8-10-16(11-9-15)20-17-12-18(2,3)14-19(4,5)13-17/h15-17,20H,6-14H2,1-5H3. The number of hydrogen-bond donors (Lipinski definition) is 1. The predicted molar refractivity (Wildman–Crippen MR) is 89.0 cm³/mol. The molecule has 0 aromatic heterocycles. The third kappa shape index (κ3) is 4.76. The summed E-state index contributed by atoms with van der Waals surface area (Å²) in [5.41, 5.74) is 1.03. The molecule has 2 rings (SSSR count). The molecule has 0 aromatic rings. The van der Waals surface area contributed by atoms with E-state index in [-0.39, 0.29) is 0 Å². The molecule has 1 nitrogen and oxygen atoms in total. The lowest BCUT2D eigenvalue weighted by Crippen LogP contribution is -2.48. The lowest BCUT2D eigenvalue weighted by atomic mass is 9.63. The van der Waals surface area contributed by atoms with E-state index in [1.165, 1.54) is 57.8 Å². The molecular formula is C19H37N. The van der Waals surface area contributed by atoms with Crippen LogP contribution in [0.2, 0.25) is 0 Å². The van der Waals surface area contributed by atoms with Gasteiger partial charge >= 0.3 is 0 Å². The molecule has 0 bridgehead atoms. The molecule has 0 spiro atoms. The van der Waals surface area contributed by atoms with Crippen molar-refractivity contribution in [3.63, 3.8) is 0 Å². The second-order valence-corrected chi connectivity index (χ2v) is 9.28. The van der Waals surface area contributed by atoms with E-state index >= 15 is 0 Å². The van der Waals surface area contributed by atoms with Gasteiger partial charge in [-0.1, -0.05) is 47.5 Å². The van der Waals surface area contributed by atoms with E-state index < -0.39 is 0 Å². The molecule has 0 aliphatic heterocycles. The van der Waals surface area contributed by atoms with Crippen LogP contribution in [0.1, 0.15) is 92.4 Å². The maximum atomic E-state index is 4.03. The zero-order chi connectivity index (χ0) is 14.8. The van der Waals surface area contributed by atoms with Crippen molar-refractivity contribution in [1.29, 1.82) is 0 Å². The predicted octanol–water partition coefficient (Wildman–Crippen LogP) is 5.54. The zero-order valence-corrected chi connectivity index (χ0v) is 14.6. The Labute approximate surface area is 127 Å². The van der Waals surface area contributed by atoms with Crippen molar-refractivity contribution in [2.24, 2.45) is 16.7 Å². The monoisotopic (exact) mass is 279 g/mol. The average Bonchev–Trinajstić information content (AvgIpc) is 2.28. The molecule has 2 saturated carbocycles. The van der Waals surface area contributed by atoms with Crippen molar-refractivity contribution in [2.75, 3.05) is 0 Å². The van der Waals surface area contributed by atoms with E-state index in [1.807, 2.05) is 0 Å². The van der Waals surface area contributed by atoms with Crippen molar-refractivity contribution in [3.05, 3.63) is 0 Å². The highest BCUT2D eigenvalue weighted by molar-refractivity contribution is 4.93. The maximum absolute atomic E-state index is 4.03. The van der Waals surface area contributed by atoms with E-state index in [9.17, 15) is 0 Å². The fourth-order valence-corrected chi connectivity index (χ4v) is 5.32. The van der Waals surface area contributed by atoms with Gasteiger partial charge in [-0.25, -0.2) is 0 Å². The molecule has 1 N–H and O–H groups in total. The van der Waals surface area contributed by atoms with E-state index in [2.05, 4.69) is 39.9 Å². The van der Waals surface area contributed by atoms with E-state index in [4.69, 9.17) is 0 Å². The number of nitrogens with one attached hydrogen (secondary N) is 1. The van der Waals surface area contributed by atoms with Gasteiger partial charge in [-0.3, -0.25) is 0 Å². The van der Waals surface area contributed by atoms with Crippen LogP contribution in [0.15, 0.2) is 0 Å². The molecule has 2 fully saturated rings. The molecule has 0 heterocycles. The molecule has 0 saturated heterocycles. The van der Waals surface area contributed by atoms with E-state index in [0.29, 0.717) is 10.8 Å². The summed E-state index contributed by atoms with van der Waals surface area (Å²) in [6.45, 7) is 12.2. The smallest absolute Gasteiger partial charge is 0.00798 e. The van der Waals surface area contributed by atoms with Crippen molar-refractivity contribution in [1.82, 2.24) is 5.32 Å². The summed E-state index contributed by atoms with van der Waals surface area (Å²) in [6.07, 6.45) is 12.7. The second kappa shape index (κ2) is 6.38. The van der Waals surface area contributed by atoms with Crippen molar-refractivity contribution in [3.8, 4) is 0 Å². The Hall–Kier alpha value is -0.0400. The minimum absolute atomic E-state index is 0.513. The van der Waals surface area contributed by atoms with Crippen LogP contribution in [-0.4, -0.2) is 12.1 Å². The summed E-state index contributed by atoms with van der Waals surface area (Å²) >= 11 is 0. The van der Waals surface area contributed by atoms with E-state index in [0.717, 1.165) is 18.0 Å². The third-order valence-corrected chi connectivity index (χ3v) is 5.57. The quantitative estimate of drug-likeness (QED) is 0.712. The van der Waals surface area contributed by atoms with Crippen LogP contribution in [0.25, 0.3) is 0 Å². The Morgan fingerprint density at radius 3 is 1.90 bits per heavy atom. The van der Waals surface area contributed by atoms with Crippen molar-refractivity contribution < 1.29 is 0 Å². The van der Waals surface area contributed by atoms with Gasteiger partial charge < -0.3 is 5.32 Å². The molecular weight excluding hydrogens is 242 g/mol. The summed E-state index contributed by atoms with van der Waals surface area (Å²) in [4.78, 5) is 0. The molecule has 20 heavy (non-hydrogen) atoms. The van der Waals surface area contributed by atoms with E-state index in [1.54, 1.807) is 0 Å². The van der Waals surface area contributed by atoms with Gasteiger partial charge in [-0.05, 0) is 61.7 Å². The Kier molecular flexibility index (Phi) is 5.21. The fourth-order valence-electron chi connectivity index (χ4n) is 5.32. The third-order valence-electron chi connectivity index (χ3n) is 5.57. The minimum Gasteiger partial charge on any atom is -0.311 e. The van der Waals surface area contributed by atoms with Crippen LogP contribution in [0.5, 0.6) is 0 Å². The van der Waals surface area contributed by atoms with Gasteiger partial charge in [0.15, 0.2) is 0 Å². The van der Waals surface area contributed by atoms with Crippen LogP contribution < -0.4 is 5.32 Å². The summed E-state index contributed by atoms with van der Waals surface area (Å²) in [5, 5.41) is 4.03. The fraction of sp³-hybridized carbons (Fsp3) is 1.00. The first kappa shape index (κ1) is 16.3. The van der Waals surface area contributed by atoms with Gasteiger partial charge in [-0.15, -0.1) is 0 Å². The number of hydrogen-bond acceptors (Lipinski definition) is 1. The van der Waals surface area contributed by atoms with Gasteiger partial charge in [0.1, 0.15) is 0 Å². The van der Waals surface area contributed by atoms with Gasteiger partial charge in [0, 0.05) is 12.1 Å². The molecule has 0 aromatic carbocycles. The summed E-state index contributed by atoms with van der Waals surface area (Å²) < 4.78 is 0. The van der Waals surface area contributed by atoms with Gasteiger partial charge in [0.05, 0.1) is 0 Å². The molecule has 118 valence electrons. The molecule has 1 heteroatoms. The summed E-state index contributed by atoms with van der Waals surface area (Å²) in [7, 11) is 0. The highest BCUT2D eigenvalue weighted by Crippen LogP contribution is 2.46. The van der Waals surface area contributed by atoms with Crippen LogP contribution in [0, 0.1) is 16.7 Å². The Morgan fingerprint density at radius 1 is 0.850 bits per heavy atom. The Balaban J connectivity index is 1.82. The molecule has 0 radical (unpaired) electrons. The highest BCUT2D eigenvalue weighted by Gasteiger charge is 2.39. The molecule has 0 amide bonds. The number of rotatable bonds is 4. The maximum Gasteiger partial charge on any atom is 0.00798 e. The largest absolute Gasteiger partial charge is 0.311 e. The highest BCUT2D eigenvalue weighted by atomic mass is 15.0. The van der Waals surface area contributed by atoms with Crippen LogP contribution in [0.3, 0.4) is 0 Å². The molecule has 0 unspecified atom stereocenters. The molecule has 2 aliphatic rings. The van der Waals surface area contributed by atoms with Crippen LogP contribution in [0.4, 0.5) is 0 Å². The summed E-state index contributed by atoms with van der Waals surface area (Å²) in [6, 6.07) is 1.55. The molecule has 2 aliphatic carbocycles. The molecule has 0 atom stereocenters. The van der Waals surface area contributed by atoms with Crippen LogP contribution >= 0.6 is 0 Å². The first-order valence-corrected chi connectivity index (χ1v) is 9.06. The lowest BCUT2D eigenvalue weighted by molar-refractivity contribution is 0.0759. The van der Waals surface area contributed by atoms with Crippen molar-refractivity contribution >= 4 is 0 Å². The summed E-state index contributed by atoms with van der Waals surface area (Å²) in [5.74, 6) is 1.03. The zero-order valence-electron chi connectivity index (χ0n) is 14.6. The van der Waals surface area contributed by atoms with Crippen LogP contribution in [-0.2, 0) is 0 Å². The average molecular weight is 280 g/mol. The Morgan fingerprint density at radius 2 is 1.40 bits per heavy atom. The first-order valence-electron chi connectivity index (χ1n) is 9.06. The normalized spacial score (nSPS) is 34.0.